The molecule has 0 aliphatic heterocycles. The van der Waals surface area contributed by atoms with Crippen molar-refractivity contribution >= 4 is 16.7 Å². The highest BCUT2D eigenvalue weighted by Crippen LogP contribution is 2.14. The van der Waals surface area contributed by atoms with E-state index in [1.54, 1.807) is 19.2 Å². The van der Waals surface area contributed by atoms with Crippen LogP contribution in [0.2, 0.25) is 0 Å². The highest BCUT2D eigenvalue weighted by atomic mass is 32.2. The molecule has 22 heavy (non-hydrogen) atoms. The number of hydrogen-bond donors (Lipinski definition) is 2. The summed E-state index contributed by atoms with van der Waals surface area (Å²) >= 11 is 0. The Morgan fingerprint density at radius 3 is 2.50 bits per heavy atom. The first-order valence-corrected chi connectivity index (χ1v) is 8.50. The van der Waals surface area contributed by atoms with Gasteiger partial charge in [0.25, 0.3) is 11.5 Å². The number of benzene rings is 1. The zero-order chi connectivity index (χ0) is 16.1. The third kappa shape index (κ3) is 3.92. The molecule has 0 aliphatic rings. The van der Waals surface area contributed by atoms with Crippen LogP contribution in [0.15, 0.2) is 47.3 Å². The van der Waals surface area contributed by atoms with Gasteiger partial charge in [0, 0.05) is 34.5 Å². The predicted molar refractivity (Wildman–Crippen MR) is 88.4 cm³/mol. The van der Waals surface area contributed by atoms with Crippen LogP contribution in [0.5, 0.6) is 0 Å². The molecule has 2 N–H and O–H groups in total. The van der Waals surface area contributed by atoms with E-state index in [9.17, 15) is 13.8 Å². The second-order valence-electron chi connectivity index (χ2n) is 5.00. The number of hydrogen-bond acceptors (Lipinski definition) is 3. The van der Waals surface area contributed by atoms with Crippen LogP contribution in [0.25, 0.3) is 11.3 Å². The van der Waals surface area contributed by atoms with Gasteiger partial charge in [-0.3, -0.25) is 13.8 Å². The van der Waals surface area contributed by atoms with E-state index >= 15 is 0 Å². The molecule has 0 saturated heterocycles. The predicted octanol–water partition coefficient (Wildman–Crippen LogP) is 1.54. The SMILES string of the molecule is C[C@@H](CNC(=O)c1ccc(-c2ccccc2)[nH]c1=O)[S@](C)=O. The number of carbonyl (C=O) groups is 1. The van der Waals surface area contributed by atoms with E-state index in [1.165, 1.54) is 6.07 Å². The van der Waals surface area contributed by atoms with Gasteiger partial charge in [-0.05, 0) is 24.6 Å². The molecule has 1 aromatic heterocycles. The minimum Gasteiger partial charge on any atom is -0.351 e. The van der Waals surface area contributed by atoms with E-state index in [0.29, 0.717) is 5.69 Å². The summed E-state index contributed by atoms with van der Waals surface area (Å²) in [5.41, 5.74) is 1.14. The Bertz CT molecular complexity index is 741. The van der Waals surface area contributed by atoms with E-state index in [-0.39, 0.29) is 17.4 Å². The fourth-order valence-corrected chi connectivity index (χ4v) is 2.21. The number of nitrogens with one attached hydrogen (secondary N) is 2. The standard InChI is InChI=1S/C16H18N2O3S/c1-11(22(2)21)10-17-15(19)13-8-9-14(18-16(13)20)12-6-4-3-5-7-12/h3-9,11H,10H2,1-2H3,(H,17,19)(H,18,20)/t11-,22-/m0/s1. The summed E-state index contributed by atoms with van der Waals surface area (Å²) in [4.78, 5) is 26.8. The quantitative estimate of drug-likeness (QED) is 0.877. The third-order valence-corrected chi connectivity index (χ3v) is 4.66. The molecule has 0 bridgehead atoms. The minimum absolute atomic E-state index is 0.0498. The molecule has 2 rings (SSSR count). The minimum atomic E-state index is -1.02. The van der Waals surface area contributed by atoms with E-state index < -0.39 is 22.3 Å². The number of pyridine rings is 1. The normalized spacial score (nSPS) is 13.4. The molecule has 0 radical (unpaired) electrons. The van der Waals surface area contributed by atoms with Crippen molar-refractivity contribution in [2.75, 3.05) is 12.8 Å². The lowest BCUT2D eigenvalue weighted by Gasteiger charge is -2.10. The molecule has 1 heterocycles. The van der Waals surface area contributed by atoms with E-state index in [0.717, 1.165) is 5.56 Å². The van der Waals surface area contributed by atoms with Crippen LogP contribution in [0.4, 0.5) is 0 Å². The first-order chi connectivity index (χ1) is 10.5. The lowest BCUT2D eigenvalue weighted by atomic mass is 10.1. The molecule has 0 unspecified atom stereocenters. The average Bonchev–Trinajstić information content (AvgIpc) is 2.52. The maximum Gasteiger partial charge on any atom is 0.261 e. The first-order valence-electron chi connectivity index (χ1n) is 6.88. The van der Waals surface area contributed by atoms with E-state index in [4.69, 9.17) is 0 Å². The van der Waals surface area contributed by atoms with E-state index in [2.05, 4.69) is 10.3 Å². The molecule has 0 saturated carbocycles. The molecule has 5 nitrogen and oxygen atoms in total. The molecule has 6 heteroatoms. The molecule has 2 aromatic rings. The van der Waals surface area contributed by atoms with Crippen molar-refractivity contribution in [3.05, 3.63) is 58.4 Å². The van der Waals surface area contributed by atoms with Crippen LogP contribution < -0.4 is 10.9 Å². The topological polar surface area (TPSA) is 79.0 Å². The number of aromatic amines is 1. The number of aromatic nitrogens is 1. The monoisotopic (exact) mass is 318 g/mol. The fourth-order valence-electron chi connectivity index (χ4n) is 1.89. The number of amides is 1. The van der Waals surface area contributed by atoms with Crippen LogP contribution in [-0.2, 0) is 10.8 Å². The lowest BCUT2D eigenvalue weighted by Crippen LogP contribution is -2.35. The van der Waals surface area contributed by atoms with Crippen molar-refractivity contribution in [3.63, 3.8) is 0 Å². The maximum absolute atomic E-state index is 12.1. The maximum atomic E-state index is 12.1. The number of carbonyl (C=O) groups excluding carboxylic acids is 1. The molecule has 2 atom stereocenters. The van der Waals surface area contributed by atoms with Gasteiger partial charge in [0.15, 0.2) is 0 Å². The molecule has 1 amide bonds. The lowest BCUT2D eigenvalue weighted by molar-refractivity contribution is 0.0952. The summed E-state index contributed by atoms with van der Waals surface area (Å²) in [5.74, 6) is -0.460. The first kappa shape index (κ1) is 16.2. The Balaban J connectivity index is 2.15. The van der Waals surface area contributed by atoms with Crippen LogP contribution in [0.3, 0.4) is 0 Å². The summed E-state index contributed by atoms with van der Waals surface area (Å²) in [6, 6.07) is 12.6. The van der Waals surface area contributed by atoms with E-state index in [1.807, 2.05) is 30.3 Å². The van der Waals surface area contributed by atoms with Crippen molar-refractivity contribution in [1.82, 2.24) is 10.3 Å². The molecule has 116 valence electrons. The van der Waals surface area contributed by atoms with Crippen molar-refractivity contribution in [2.24, 2.45) is 0 Å². The molecular weight excluding hydrogens is 300 g/mol. The molecule has 0 aliphatic carbocycles. The summed E-state index contributed by atoms with van der Waals surface area (Å²) in [7, 11) is -1.02. The van der Waals surface area contributed by atoms with Crippen molar-refractivity contribution in [2.45, 2.75) is 12.2 Å². The van der Waals surface area contributed by atoms with Gasteiger partial charge >= 0.3 is 0 Å². The molecule has 0 spiro atoms. The van der Waals surface area contributed by atoms with Gasteiger partial charge in [0.2, 0.25) is 0 Å². The van der Waals surface area contributed by atoms with Crippen LogP contribution in [-0.4, -0.2) is 33.2 Å². The molecule has 1 aromatic carbocycles. The van der Waals surface area contributed by atoms with Crippen molar-refractivity contribution in [1.29, 1.82) is 0 Å². The average molecular weight is 318 g/mol. The Hall–Kier alpha value is -2.21. The fraction of sp³-hybridized carbons (Fsp3) is 0.250. The van der Waals surface area contributed by atoms with Gasteiger partial charge in [-0.15, -0.1) is 0 Å². The van der Waals surface area contributed by atoms with Gasteiger partial charge in [-0.2, -0.15) is 0 Å². The smallest absolute Gasteiger partial charge is 0.261 e. The second-order valence-corrected chi connectivity index (χ2v) is 6.80. The largest absolute Gasteiger partial charge is 0.351 e. The number of H-pyrrole nitrogens is 1. The summed E-state index contributed by atoms with van der Waals surface area (Å²) < 4.78 is 11.3. The van der Waals surface area contributed by atoms with Gasteiger partial charge in [-0.1, -0.05) is 30.3 Å². The second kappa shape index (κ2) is 7.17. The van der Waals surface area contributed by atoms with Gasteiger partial charge in [0.1, 0.15) is 5.56 Å². The van der Waals surface area contributed by atoms with Crippen molar-refractivity contribution in [3.8, 4) is 11.3 Å². The summed E-state index contributed by atoms with van der Waals surface area (Å²) in [6.45, 7) is 2.04. The highest BCUT2D eigenvalue weighted by molar-refractivity contribution is 7.84. The third-order valence-electron chi connectivity index (χ3n) is 3.36. The summed E-state index contributed by atoms with van der Waals surface area (Å²) in [5, 5.41) is 2.47. The van der Waals surface area contributed by atoms with Gasteiger partial charge in [0.05, 0.1) is 0 Å². The van der Waals surface area contributed by atoms with Crippen LogP contribution in [0.1, 0.15) is 17.3 Å². The van der Waals surface area contributed by atoms with Crippen LogP contribution >= 0.6 is 0 Å². The number of rotatable bonds is 5. The Labute approximate surface area is 131 Å². The van der Waals surface area contributed by atoms with Crippen molar-refractivity contribution < 1.29 is 9.00 Å². The van der Waals surface area contributed by atoms with Gasteiger partial charge < -0.3 is 10.3 Å². The Morgan fingerprint density at radius 2 is 1.91 bits per heavy atom. The molecule has 0 fully saturated rings. The zero-order valence-corrected chi connectivity index (χ0v) is 13.3. The highest BCUT2D eigenvalue weighted by Gasteiger charge is 2.13. The van der Waals surface area contributed by atoms with Crippen LogP contribution in [0, 0.1) is 0 Å². The molecular formula is C16H18N2O3S. The Morgan fingerprint density at radius 1 is 1.23 bits per heavy atom. The van der Waals surface area contributed by atoms with Gasteiger partial charge in [-0.25, -0.2) is 0 Å². The zero-order valence-electron chi connectivity index (χ0n) is 12.5. The summed E-state index contributed by atoms with van der Waals surface area (Å²) in [6.07, 6.45) is 1.58. The Kier molecular flexibility index (Phi) is 5.27.